The summed E-state index contributed by atoms with van der Waals surface area (Å²) in [4.78, 5) is 21.6. The van der Waals surface area contributed by atoms with E-state index in [9.17, 15) is 14.9 Å². The minimum absolute atomic E-state index is 0.0346. The van der Waals surface area contributed by atoms with Gasteiger partial charge in [0.1, 0.15) is 5.69 Å². The molecular formula is C13H17N3O3. The van der Waals surface area contributed by atoms with Crippen molar-refractivity contribution >= 4 is 17.3 Å². The zero-order chi connectivity index (χ0) is 14.0. The van der Waals surface area contributed by atoms with Crippen molar-refractivity contribution in [3.8, 4) is 0 Å². The number of rotatable bonds is 6. The van der Waals surface area contributed by atoms with E-state index in [1.807, 2.05) is 6.92 Å². The van der Waals surface area contributed by atoms with Crippen LogP contribution in [0.25, 0.3) is 0 Å². The number of nitro benzene ring substituents is 1. The van der Waals surface area contributed by atoms with Crippen molar-refractivity contribution in [3.05, 3.63) is 33.9 Å². The zero-order valence-electron chi connectivity index (χ0n) is 10.8. The van der Waals surface area contributed by atoms with Crippen LogP contribution < -0.4 is 11.1 Å². The zero-order valence-corrected chi connectivity index (χ0v) is 10.8. The highest BCUT2D eigenvalue weighted by molar-refractivity contribution is 5.94. The van der Waals surface area contributed by atoms with E-state index in [4.69, 9.17) is 5.73 Å². The van der Waals surface area contributed by atoms with E-state index in [0.717, 1.165) is 12.3 Å². The molecule has 1 aliphatic rings. The van der Waals surface area contributed by atoms with Crippen LogP contribution in [0.3, 0.4) is 0 Å². The van der Waals surface area contributed by atoms with E-state index in [2.05, 4.69) is 5.32 Å². The largest absolute Gasteiger partial charge is 0.377 e. The third-order valence-corrected chi connectivity index (χ3v) is 3.26. The number of nitro groups is 1. The molecule has 6 nitrogen and oxygen atoms in total. The molecule has 102 valence electrons. The topological polar surface area (TPSA) is 98.3 Å². The van der Waals surface area contributed by atoms with Crippen LogP contribution in [0.1, 0.15) is 36.5 Å². The van der Waals surface area contributed by atoms with Crippen molar-refractivity contribution in [1.29, 1.82) is 0 Å². The molecule has 1 aromatic rings. The SMILES string of the molecule is CC(CC1CC1)Nc1cc(C(N)=O)ccc1[N+](=O)[O-]. The van der Waals surface area contributed by atoms with Crippen molar-refractivity contribution < 1.29 is 9.72 Å². The van der Waals surface area contributed by atoms with Crippen molar-refractivity contribution in [1.82, 2.24) is 0 Å². The molecule has 0 saturated heterocycles. The second-order valence-corrected chi connectivity index (χ2v) is 5.08. The smallest absolute Gasteiger partial charge is 0.292 e. The molecule has 0 radical (unpaired) electrons. The van der Waals surface area contributed by atoms with Gasteiger partial charge in [-0.2, -0.15) is 0 Å². The summed E-state index contributed by atoms with van der Waals surface area (Å²) in [5, 5.41) is 14.1. The Hall–Kier alpha value is -2.11. The molecule has 0 heterocycles. The summed E-state index contributed by atoms with van der Waals surface area (Å²) >= 11 is 0. The molecule has 6 heteroatoms. The summed E-state index contributed by atoms with van der Waals surface area (Å²) in [7, 11) is 0. The monoisotopic (exact) mass is 263 g/mol. The van der Waals surface area contributed by atoms with E-state index in [-0.39, 0.29) is 17.3 Å². The Labute approximate surface area is 111 Å². The van der Waals surface area contributed by atoms with Gasteiger partial charge in [0.15, 0.2) is 0 Å². The van der Waals surface area contributed by atoms with E-state index in [0.29, 0.717) is 5.69 Å². The molecule has 1 aliphatic carbocycles. The van der Waals surface area contributed by atoms with Gasteiger partial charge in [0, 0.05) is 17.7 Å². The van der Waals surface area contributed by atoms with Crippen LogP contribution in [0.4, 0.5) is 11.4 Å². The van der Waals surface area contributed by atoms with Gasteiger partial charge in [-0.1, -0.05) is 12.8 Å². The lowest BCUT2D eigenvalue weighted by atomic mass is 10.1. The maximum absolute atomic E-state index is 11.1. The molecule has 0 aromatic heterocycles. The Kier molecular flexibility index (Phi) is 3.69. The summed E-state index contributed by atoms with van der Waals surface area (Å²) in [6, 6.07) is 4.27. The molecule has 1 atom stereocenters. The van der Waals surface area contributed by atoms with Gasteiger partial charge in [0.05, 0.1) is 4.92 Å². The van der Waals surface area contributed by atoms with Crippen molar-refractivity contribution in [2.45, 2.75) is 32.2 Å². The molecule has 2 rings (SSSR count). The Bertz CT molecular complexity index is 512. The lowest BCUT2D eigenvalue weighted by molar-refractivity contribution is -0.384. The van der Waals surface area contributed by atoms with Crippen molar-refractivity contribution in [2.75, 3.05) is 5.32 Å². The van der Waals surface area contributed by atoms with Gasteiger partial charge in [0.25, 0.3) is 5.69 Å². The van der Waals surface area contributed by atoms with E-state index in [1.165, 1.54) is 31.0 Å². The molecule has 1 aromatic carbocycles. The summed E-state index contributed by atoms with van der Waals surface area (Å²) in [5.41, 5.74) is 5.79. The maximum atomic E-state index is 11.1. The van der Waals surface area contributed by atoms with Gasteiger partial charge < -0.3 is 11.1 Å². The molecule has 0 spiro atoms. The number of hydrogen-bond acceptors (Lipinski definition) is 4. The number of amides is 1. The molecule has 0 bridgehead atoms. The third kappa shape index (κ3) is 3.43. The quantitative estimate of drug-likeness (QED) is 0.607. The van der Waals surface area contributed by atoms with Gasteiger partial charge in [-0.05, 0) is 31.4 Å². The summed E-state index contributed by atoms with van der Waals surface area (Å²) < 4.78 is 0. The van der Waals surface area contributed by atoms with E-state index >= 15 is 0 Å². The van der Waals surface area contributed by atoms with Gasteiger partial charge in [-0.15, -0.1) is 0 Å². The highest BCUT2D eigenvalue weighted by atomic mass is 16.6. The third-order valence-electron chi connectivity index (χ3n) is 3.26. The molecular weight excluding hydrogens is 246 g/mol. The van der Waals surface area contributed by atoms with Crippen LogP contribution in [0.15, 0.2) is 18.2 Å². The fraction of sp³-hybridized carbons (Fsp3) is 0.462. The molecule has 0 aliphatic heterocycles. The first-order chi connectivity index (χ1) is 8.97. The van der Waals surface area contributed by atoms with Crippen molar-refractivity contribution in [2.24, 2.45) is 11.7 Å². The number of hydrogen-bond donors (Lipinski definition) is 2. The molecule has 1 fully saturated rings. The first kappa shape index (κ1) is 13.3. The number of nitrogens with two attached hydrogens (primary N) is 1. The highest BCUT2D eigenvalue weighted by Gasteiger charge is 2.25. The Balaban J connectivity index is 2.20. The van der Waals surface area contributed by atoms with Crippen LogP contribution in [0.2, 0.25) is 0 Å². The summed E-state index contributed by atoms with van der Waals surface area (Å²) in [5.74, 6) is 0.133. The second-order valence-electron chi connectivity index (χ2n) is 5.08. The Morgan fingerprint density at radius 2 is 2.26 bits per heavy atom. The van der Waals surface area contributed by atoms with Crippen LogP contribution in [-0.2, 0) is 0 Å². The van der Waals surface area contributed by atoms with Crippen LogP contribution >= 0.6 is 0 Å². The molecule has 1 unspecified atom stereocenters. The minimum Gasteiger partial charge on any atom is -0.377 e. The first-order valence-corrected chi connectivity index (χ1v) is 6.32. The summed E-state index contributed by atoms with van der Waals surface area (Å²) in [6.45, 7) is 1.99. The van der Waals surface area contributed by atoms with Gasteiger partial charge in [0.2, 0.25) is 5.91 Å². The van der Waals surface area contributed by atoms with Crippen molar-refractivity contribution in [3.63, 3.8) is 0 Å². The van der Waals surface area contributed by atoms with Gasteiger partial charge in [-0.25, -0.2) is 0 Å². The summed E-state index contributed by atoms with van der Waals surface area (Å²) in [6.07, 6.45) is 3.45. The number of carbonyl (C=O) groups excluding carboxylic acids is 1. The Morgan fingerprint density at radius 1 is 1.58 bits per heavy atom. The molecule has 3 N–H and O–H groups in total. The minimum atomic E-state index is -0.590. The van der Waals surface area contributed by atoms with Gasteiger partial charge >= 0.3 is 0 Å². The maximum Gasteiger partial charge on any atom is 0.292 e. The number of benzene rings is 1. The average Bonchev–Trinajstić information content (AvgIpc) is 3.12. The highest BCUT2D eigenvalue weighted by Crippen LogP contribution is 2.35. The fourth-order valence-corrected chi connectivity index (χ4v) is 2.14. The lowest BCUT2D eigenvalue weighted by Crippen LogP contribution is -2.18. The van der Waals surface area contributed by atoms with Crippen LogP contribution in [0, 0.1) is 16.0 Å². The fourth-order valence-electron chi connectivity index (χ4n) is 2.14. The number of primary amides is 1. The van der Waals surface area contributed by atoms with Crippen LogP contribution in [-0.4, -0.2) is 16.9 Å². The van der Waals surface area contributed by atoms with Crippen LogP contribution in [0.5, 0.6) is 0 Å². The normalized spacial score (nSPS) is 15.8. The standard InChI is InChI=1S/C13H17N3O3/c1-8(6-9-2-3-9)15-11-7-10(13(14)17)4-5-12(11)16(18)19/h4-5,7-9,15H,2-3,6H2,1H3,(H2,14,17). The Morgan fingerprint density at radius 3 is 2.79 bits per heavy atom. The number of nitrogens with one attached hydrogen (secondary N) is 1. The molecule has 19 heavy (non-hydrogen) atoms. The molecule has 1 saturated carbocycles. The number of nitrogens with zero attached hydrogens (tertiary/aromatic N) is 1. The lowest BCUT2D eigenvalue weighted by Gasteiger charge is -2.15. The first-order valence-electron chi connectivity index (χ1n) is 6.32. The molecule has 1 amide bonds. The number of anilines is 1. The predicted octanol–water partition coefficient (Wildman–Crippen LogP) is 2.29. The van der Waals surface area contributed by atoms with E-state index in [1.54, 1.807) is 0 Å². The second kappa shape index (κ2) is 5.26. The van der Waals surface area contributed by atoms with Gasteiger partial charge in [-0.3, -0.25) is 14.9 Å². The predicted molar refractivity (Wildman–Crippen MR) is 72.0 cm³/mol. The number of carbonyl (C=O) groups is 1. The van der Waals surface area contributed by atoms with E-state index < -0.39 is 10.8 Å². The average molecular weight is 263 g/mol.